The Morgan fingerprint density at radius 3 is 1.95 bits per heavy atom. The minimum atomic E-state index is -0.980. The number of aliphatic carboxylic acids is 1. The number of hydrogen-bond donors (Lipinski definition) is 1. The second-order valence-electron chi connectivity index (χ2n) is 5.73. The molecule has 4 heteroatoms. The topological polar surface area (TPSA) is 63.6 Å². The summed E-state index contributed by atoms with van der Waals surface area (Å²) in [7, 11) is 0. The zero-order valence-electron chi connectivity index (χ0n) is 14.0. The molecule has 0 unspecified atom stereocenters. The Bertz CT molecular complexity index is 310. The SMILES string of the molecule is CCCCCCCCCCCCC=COC(=O)CCC(=O)O. The van der Waals surface area contributed by atoms with E-state index < -0.39 is 11.9 Å². The quantitative estimate of drug-likeness (QED) is 0.256. The number of allylic oxidation sites excluding steroid dienone is 1. The first-order valence-electron chi connectivity index (χ1n) is 8.73. The third-order valence-electron chi connectivity index (χ3n) is 3.56. The lowest BCUT2D eigenvalue weighted by molar-refractivity contribution is -0.144. The average Bonchev–Trinajstić information content (AvgIpc) is 2.49. The normalized spacial score (nSPS) is 11.0. The van der Waals surface area contributed by atoms with Gasteiger partial charge in [-0.3, -0.25) is 9.59 Å². The highest BCUT2D eigenvalue weighted by molar-refractivity contribution is 5.76. The molecule has 0 heterocycles. The first kappa shape index (κ1) is 20.7. The first-order chi connectivity index (χ1) is 10.7. The predicted molar refractivity (Wildman–Crippen MR) is 88.6 cm³/mol. The summed E-state index contributed by atoms with van der Waals surface area (Å²) in [5.74, 6) is -1.46. The molecule has 1 N–H and O–H groups in total. The molecule has 0 aromatic carbocycles. The number of carbonyl (C=O) groups is 2. The number of esters is 1. The lowest BCUT2D eigenvalue weighted by Gasteiger charge is -2.01. The fourth-order valence-electron chi connectivity index (χ4n) is 2.21. The molecule has 0 spiro atoms. The summed E-state index contributed by atoms with van der Waals surface area (Å²) in [6.07, 6.45) is 17.0. The van der Waals surface area contributed by atoms with Crippen LogP contribution in [0.4, 0.5) is 0 Å². The second kappa shape index (κ2) is 16.1. The molecule has 0 radical (unpaired) electrons. The largest absolute Gasteiger partial charge is 0.481 e. The van der Waals surface area contributed by atoms with Crippen molar-refractivity contribution in [1.29, 1.82) is 0 Å². The molecule has 0 saturated heterocycles. The molecule has 0 aromatic rings. The number of ether oxygens (including phenoxy) is 1. The van der Waals surface area contributed by atoms with E-state index in [1.165, 1.54) is 64.0 Å². The van der Waals surface area contributed by atoms with Crippen molar-refractivity contribution in [2.24, 2.45) is 0 Å². The van der Waals surface area contributed by atoms with Gasteiger partial charge in [-0.15, -0.1) is 0 Å². The third-order valence-corrected chi connectivity index (χ3v) is 3.56. The van der Waals surface area contributed by atoms with Crippen LogP contribution in [0, 0.1) is 0 Å². The van der Waals surface area contributed by atoms with Crippen molar-refractivity contribution >= 4 is 11.9 Å². The van der Waals surface area contributed by atoms with Crippen molar-refractivity contribution in [2.45, 2.75) is 90.4 Å². The average molecular weight is 312 g/mol. The Morgan fingerprint density at radius 1 is 0.864 bits per heavy atom. The smallest absolute Gasteiger partial charge is 0.311 e. The van der Waals surface area contributed by atoms with E-state index in [1.807, 2.05) is 6.08 Å². The second-order valence-corrected chi connectivity index (χ2v) is 5.73. The monoisotopic (exact) mass is 312 g/mol. The summed E-state index contributed by atoms with van der Waals surface area (Å²) in [6, 6.07) is 0. The van der Waals surface area contributed by atoms with Crippen LogP contribution in [0.25, 0.3) is 0 Å². The lowest BCUT2D eigenvalue weighted by Crippen LogP contribution is -2.03. The van der Waals surface area contributed by atoms with Crippen LogP contribution < -0.4 is 0 Å². The van der Waals surface area contributed by atoms with Crippen molar-refractivity contribution < 1.29 is 19.4 Å². The van der Waals surface area contributed by atoms with E-state index in [2.05, 4.69) is 6.92 Å². The highest BCUT2D eigenvalue weighted by Crippen LogP contribution is 2.11. The Balaban J connectivity index is 3.23. The van der Waals surface area contributed by atoms with Crippen LogP contribution in [0.1, 0.15) is 90.4 Å². The van der Waals surface area contributed by atoms with Crippen molar-refractivity contribution in [3.05, 3.63) is 12.3 Å². The van der Waals surface area contributed by atoms with Crippen LogP contribution in [0.2, 0.25) is 0 Å². The highest BCUT2D eigenvalue weighted by atomic mass is 16.5. The Kier molecular flexibility index (Phi) is 15.1. The summed E-state index contributed by atoms with van der Waals surface area (Å²) in [5.41, 5.74) is 0. The van der Waals surface area contributed by atoms with E-state index in [4.69, 9.17) is 9.84 Å². The highest BCUT2D eigenvalue weighted by Gasteiger charge is 2.04. The molecule has 0 fully saturated rings. The minimum absolute atomic E-state index is 0.0715. The van der Waals surface area contributed by atoms with Crippen molar-refractivity contribution in [3.63, 3.8) is 0 Å². The van der Waals surface area contributed by atoms with Gasteiger partial charge < -0.3 is 9.84 Å². The van der Waals surface area contributed by atoms with Gasteiger partial charge >= 0.3 is 11.9 Å². The zero-order chi connectivity index (χ0) is 16.5. The molecule has 4 nitrogen and oxygen atoms in total. The van der Waals surface area contributed by atoms with Gasteiger partial charge in [0.25, 0.3) is 0 Å². The molecule has 0 aromatic heterocycles. The fourth-order valence-corrected chi connectivity index (χ4v) is 2.21. The van der Waals surface area contributed by atoms with Crippen molar-refractivity contribution in [1.82, 2.24) is 0 Å². The van der Waals surface area contributed by atoms with E-state index in [0.29, 0.717) is 0 Å². The number of rotatable bonds is 15. The number of carbonyl (C=O) groups excluding carboxylic acids is 1. The van der Waals surface area contributed by atoms with Gasteiger partial charge in [-0.2, -0.15) is 0 Å². The van der Waals surface area contributed by atoms with Crippen LogP contribution in [-0.2, 0) is 14.3 Å². The summed E-state index contributed by atoms with van der Waals surface area (Å²) in [5, 5.41) is 8.42. The predicted octanol–water partition coefficient (Wildman–Crippen LogP) is 5.22. The molecular formula is C18H32O4. The van der Waals surface area contributed by atoms with Crippen LogP contribution in [0.3, 0.4) is 0 Å². The molecule has 0 aliphatic heterocycles. The number of carboxylic acids is 1. The molecule has 0 aliphatic rings. The number of unbranched alkanes of at least 4 members (excludes halogenated alkanes) is 10. The maximum Gasteiger partial charge on any atom is 0.311 e. The van der Waals surface area contributed by atoms with Gasteiger partial charge in [0, 0.05) is 0 Å². The van der Waals surface area contributed by atoms with Crippen LogP contribution in [-0.4, -0.2) is 17.0 Å². The molecule has 0 atom stereocenters. The molecule has 22 heavy (non-hydrogen) atoms. The molecule has 128 valence electrons. The minimum Gasteiger partial charge on any atom is -0.481 e. The van der Waals surface area contributed by atoms with Crippen molar-refractivity contribution in [2.75, 3.05) is 0 Å². The maximum atomic E-state index is 11.1. The van der Waals surface area contributed by atoms with E-state index >= 15 is 0 Å². The first-order valence-corrected chi connectivity index (χ1v) is 8.73. The number of hydrogen-bond acceptors (Lipinski definition) is 3. The maximum absolute atomic E-state index is 11.1. The van der Waals surface area contributed by atoms with E-state index in [-0.39, 0.29) is 12.8 Å². The summed E-state index contributed by atoms with van der Waals surface area (Å²) in [4.78, 5) is 21.4. The van der Waals surface area contributed by atoms with Crippen LogP contribution in [0.5, 0.6) is 0 Å². The van der Waals surface area contributed by atoms with Gasteiger partial charge in [-0.25, -0.2) is 0 Å². The van der Waals surface area contributed by atoms with Gasteiger partial charge in [-0.05, 0) is 18.9 Å². The number of carboxylic acid groups (broad SMARTS) is 1. The molecule has 0 saturated carbocycles. The lowest BCUT2D eigenvalue weighted by atomic mass is 10.1. The van der Waals surface area contributed by atoms with Crippen LogP contribution in [0.15, 0.2) is 12.3 Å². The third kappa shape index (κ3) is 16.7. The zero-order valence-corrected chi connectivity index (χ0v) is 14.0. The van der Waals surface area contributed by atoms with Crippen molar-refractivity contribution in [3.8, 4) is 0 Å². The van der Waals surface area contributed by atoms with Gasteiger partial charge in [-0.1, -0.05) is 64.7 Å². The summed E-state index contributed by atoms with van der Waals surface area (Å²) >= 11 is 0. The Morgan fingerprint density at radius 2 is 1.41 bits per heavy atom. The van der Waals surface area contributed by atoms with E-state index in [9.17, 15) is 9.59 Å². The van der Waals surface area contributed by atoms with Gasteiger partial charge in [0.2, 0.25) is 0 Å². The Hall–Kier alpha value is -1.32. The summed E-state index contributed by atoms with van der Waals surface area (Å²) in [6.45, 7) is 2.24. The summed E-state index contributed by atoms with van der Waals surface area (Å²) < 4.78 is 4.80. The van der Waals surface area contributed by atoms with Crippen LogP contribution >= 0.6 is 0 Å². The molecule has 0 bridgehead atoms. The Labute approximate surface area is 134 Å². The molecule has 0 aliphatic carbocycles. The van der Waals surface area contributed by atoms with Gasteiger partial charge in [0.15, 0.2) is 0 Å². The van der Waals surface area contributed by atoms with E-state index in [1.54, 1.807) is 0 Å². The standard InChI is InChI=1S/C18H32O4/c1-2-3-4-5-6-7-8-9-10-11-12-13-16-22-18(21)15-14-17(19)20/h13,16H,2-12,14-15H2,1H3,(H,19,20). The van der Waals surface area contributed by atoms with Gasteiger partial charge in [0.1, 0.15) is 0 Å². The van der Waals surface area contributed by atoms with E-state index in [0.717, 1.165) is 12.8 Å². The molecule has 0 amide bonds. The fraction of sp³-hybridized carbons (Fsp3) is 0.778. The van der Waals surface area contributed by atoms with Gasteiger partial charge in [0.05, 0.1) is 19.1 Å². The molecule has 0 rings (SSSR count). The molecular weight excluding hydrogens is 280 g/mol.